The monoisotopic (exact) mass is 918 g/mol. The SMILES string of the molecule is Cn1nc(NS(C)(=O)=O)c2cccc(-c3cc4sc(N5CCN(C6COC6)CC5)nc4nc3[C@H](Cc3cc(F)cc(F)c3)NC(=O)Cn3nc(C(F)(F)F)c4c3C(F)(F)[C@@H]3C[C@H]43)c21. The minimum Gasteiger partial charge on any atom is -0.378 e. The first kappa shape index (κ1) is 41.6. The van der Waals surface area contributed by atoms with E-state index in [0.717, 1.165) is 31.5 Å². The lowest BCUT2D eigenvalue weighted by atomic mass is 9.94. The molecule has 4 aromatic heterocycles. The second kappa shape index (κ2) is 14.8. The summed E-state index contributed by atoms with van der Waals surface area (Å²) in [6, 6.07) is 8.60. The van der Waals surface area contributed by atoms with Gasteiger partial charge in [-0.3, -0.25) is 23.8 Å². The number of anilines is 2. The number of carbonyl (C=O) groups excluding carboxylic acids is 1. The number of alkyl halides is 5. The number of fused-ring (bicyclic) bond motifs is 5. The molecular weight excluding hydrogens is 882 g/mol. The van der Waals surface area contributed by atoms with Crippen molar-refractivity contribution in [2.75, 3.05) is 55.3 Å². The Hall–Kier alpha value is -5.39. The number of amides is 1. The van der Waals surface area contributed by atoms with Crippen LogP contribution >= 0.6 is 11.3 Å². The highest BCUT2D eigenvalue weighted by atomic mass is 32.2. The van der Waals surface area contributed by atoms with Gasteiger partial charge < -0.3 is 15.0 Å². The Balaban J connectivity index is 1.09. The number of para-hydroxylation sites is 1. The lowest BCUT2D eigenvalue weighted by molar-refractivity contribution is -0.142. The number of halogens is 7. The fourth-order valence-electron chi connectivity index (χ4n) is 9.15. The molecule has 2 aliphatic heterocycles. The van der Waals surface area contributed by atoms with Gasteiger partial charge in [-0.25, -0.2) is 22.2 Å². The second-order valence-electron chi connectivity index (χ2n) is 16.4. The molecule has 2 saturated heterocycles. The number of aromatic nitrogens is 6. The largest absolute Gasteiger partial charge is 0.435 e. The van der Waals surface area contributed by atoms with Crippen LogP contribution in [0.5, 0.6) is 0 Å². The van der Waals surface area contributed by atoms with Gasteiger partial charge in [0.2, 0.25) is 15.9 Å². The molecule has 3 fully saturated rings. The number of nitrogens with zero attached hydrogens (tertiary/aromatic N) is 8. The third kappa shape index (κ3) is 7.54. The molecule has 1 saturated carbocycles. The van der Waals surface area contributed by atoms with Crippen molar-refractivity contribution >= 4 is 59.5 Å². The van der Waals surface area contributed by atoms with Gasteiger partial charge in [0.25, 0.3) is 5.92 Å². The number of hydrogen-bond donors (Lipinski definition) is 2. The highest BCUT2D eigenvalue weighted by molar-refractivity contribution is 7.92. The molecule has 1 amide bonds. The van der Waals surface area contributed by atoms with Gasteiger partial charge in [0.1, 0.15) is 23.9 Å². The molecule has 23 heteroatoms. The van der Waals surface area contributed by atoms with Crippen molar-refractivity contribution in [3.8, 4) is 11.1 Å². The molecule has 2 N–H and O–H groups in total. The predicted octanol–water partition coefficient (Wildman–Crippen LogP) is 5.94. The van der Waals surface area contributed by atoms with E-state index in [9.17, 15) is 35.2 Å². The quantitative estimate of drug-likeness (QED) is 0.150. The smallest absolute Gasteiger partial charge is 0.378 e. The minimum atomic E-state index is -5.06. The summed E-state index contributed by atoms with van der Waals surface area (Å²) in [7, 11) is -2.19. The molecule has 0 radical (unpaired) electrons. The molecule has 3 atom stereocenters. The average molecular weight is 919 g/mol. The fraction of sp³-hybridized carbons (Fsp3) is 0.425. The Kier molecular flexibility index (Phi) is 9.80. The maximum atomic E-state index is 15.5. The van der Waals surface area contributed by atoms with Crippen molar-refractivity contribution < 1.29 is 48.7 Å². The van der Waals surface area contributed by atoms with Crippen molar-refractivity contribution in [3.63, 3.8) is 0 Å². The van der Waals surface area contributed by atoms with Gasteiger partial charge >= 0.3 is 6.18 Å². The Morgan fingerprint density at radius 3 is 2.41 bits per heavy atom. The first-order valence-electron chi connectivity index (χ1n) is 19.9. The normalized spacial score (nSPS) is 20.5. The van der Waals surface area contributed by atoms with Crippen molar-refractivity contribution in [2.24, 2.45) is 13.0 Å². The van der Waals surface area contributed by atoms with Crippen LogP contribution in [-0.4, -0.2) is 100 Å². The summed E-state index contributed by atoms with van der Waals surface area (Å²) in [5, 5.41) is 11.7. The third-order valence-electron chi connectivity index (χ3n) is 12.1. The van der Waals surface area contributed by atoms with Crippen LogP contribution in [0.15, 0.2) is 42.5 Å². The van der Waals surface area contributed by atoms with Crippen molar-refractivity contribution in [3.05, 3.63) is 82.3 Å². The summed E-state index contributed by atoms with van der Waals surface area (Å²) in [5.41, 5.74) is -1.39. The number of pyridine rings is 1. The summed E-state index contributed by atoms with van der Waals surface area (Å²) in [6.07, 6.45) is -4.55. The van der Waals surface area contributed by atoms with Crippen LogP contribution in [0.3, 0.4) is 0 Å². The van der Waals surface area contributed by atoms with Gasteiger partial charge in [0, 0.05) is 67.3 Å². The van der Waals surface area contributed by atoms with Crippen LogP contribution in [0.1, 0.15) is 46.6 Å². The zero-order chi connectivity index (χ0) is 44.3. The van der Waals surface area contributed by atoms with Crippen molar-refractivity contribution in [2.45, 2.75) is 49.5 Å². The molecule has 10 rings (SSSR count). The van der Waals surface area contributed by atoms with Crippen LogP contribution in [-0.2, 0) is 51.7 Å². The number of aryl methyl sites for hydroxylation is 1. The second-order valence-corrected chi connectivity index (χ2v) is 19.2. The van der Waals surface area contributed by atoms with E-state index in [2.05, 4.69) is 30.0 Å². The maximum absolute atomic E-state index is 15.5. The molecule has 63 heavy (non-hydrogen) atoms. The van der Waals surface area contributed by atoms with E-state index < -0.39 is 81.0 Å². The van der Waals surface area contributed by atoms with Gasteiger partial charge in [-0.2, -0.15) is 37.1 Å². The molecule has 0 spiro atoms. The van der Waals surface area contributed by atoms with E-state index >= 15 is 8.78 Å². The molecule has 2 aliphatic carbocycles. The van der Waals surface area contributed by atoms with E-state index in [1.165, 1.54) is 16.0 Å². The van der Waals surface area contributed by atoms with Gasteiger partial charge in [0.15, 0.2) is 22.3 Å². The van der Waals surface area contributed by atoms with E-state index in [-0.39, 0.29) is 35.6 Å². The highest BCUT2D eigenvalue weighted by Crippen LogP contribution is 2.68. The fourth-order valence-corrected chi connectivity index (χ4v) is 10.7. The van der Waals surface area contributed by atoms with Crippen molar-refractivity contribution in [1.82, 2.24) is 39.7 Å². The van der Waals surface area contributed by atoms with Gasteiger partial charge in [-0.05, 0) is 48.6 Å². The van der Waals surface area contributed by atoms with Gasteiger partial charge in [0.05, 0.1) is 47.5 Å². The van der Waals surface area contributed by atoms with Crippen LogP contribution < -0.4 is 14.9 Å². The molecule has 2 aromatic carbocycles. The van der Waals surface area contributed by atoms with Crippen molar-refractivity contribution in [1.29, 1.82) is 0 Å². The highest BCUT2D eigenvalue weighted by Gasteiger charge is 2.68. The molecule has 14 nitrogen and oxygen atoms in total. The first-order chi connectivity index (χ1) is 29.8. The number of carbonyl (C=O) groups is 1. The zero-order valence-electron chi connectivity index (χ0n) is 33.4. The molecule has 4 aliphatic rings. The van der Waals surface area contributed by atoms with Gasteiger partial charge in [-0.15, -0.1) is 0 Å². The molecule has 0 unspecified atom stereocenters. The Morgan fingerprint density at radius 2 is 1.75 bits per heavy atom. The topological polar surface area (TPSA) is 152 Å². The number of nitrogens with one attached hydrogen (secondary N) is 2. The Labute approximate surface area is 358 Å². The van der Waals surface area contributed by atoms with Crippen LogP contribution in [0.25, 0.3) is 32.4 Å². The standard InChI is InChI=1S/C40H37F7N10O4S2/c1-54-33-23(4-3-5-24(33)36(52-54)53-63(2,59)60)25-15-29-37(50-38(62-29)56-8-6-55(7-9-56)22-17-61-18-22)49-32(25)28(12-19-10-20(41)13-21(42)11-19)48-30(58)16-57-35-31(34(51-57)40(45,46)47)26-14-27(26)39(35,43)44/h3-5,10-11,13,15,22,26-28H,6-9,12,14,16-18H2,1-2H3,(H,48,58)(H,52,53)/t26-,27+,28-/m0/s1. The van der Waals surface area contributed by atoms with E-state index in [4.69, 9.17) is 14.7 Å². The third-order valence-corrected chi connectivity index (χ3v) is 13.7. The average Bonchev–Trinajstić information content (AvgIpc) is 3.44. The molecule has 6 aromatic rings. The van der Waals surface area contributed by atoms with E-state index in [1.807, 2.05) is 0 Å². The first-order valence-corrected chi connectivity index (χ1v) is 22.7. The number of thiazole rings is 1. The molecule has 332 valence electrons. The minimum absolute atomic E-state index is 0.0274. The Morgan fingerprint density at radius 1 is 1.02 bits per heavy atom. The lowest BCUT2D eigenvalue weighted by Gasteiger charge is -2.42. The Bertz CT molecular complexity index is 2920. The summed E-state index contributed by atoms with van der Waals surface area (Å²) >= 11 is 1.36. The number of ether oxygens (including phenoxy) is 1. The zero-order valence-corrected chi connectivity index (χ0v) is 35.0. The number of hydrogen-bond acceptors (Lipinski definition) is 11. The molecule has 0 bridgehead atoms. The predicted molar refractivity (Wildman–Crippen MR) is 217 cm³/mol. The maximum Gasteiger partial charge on any atom is 0.435 e. The van der Waals surface area contributed by atoms with Crippen LogP contribution in [0.2, 0.25) is 0 Å². The van der Waals surface area contributed by atoms with Crippen LogP contribution in [0, 0.1) is 17.6 Å². The number of rotatable bonds is 11. The van der Waals surface area contributed by atoms with E-state index in [1.54, 1.807) is 31.3 Å². The van der Waals surface area contributed by atoms with Crippen LogP contribution in [0.4, 0.5) is 41.7 Å². The summed E-state index contributed by atoms with van der Waals surface area (Å²) < 4.78 is 138. The molecular formula is C40H37F7N10O4S2. The lowest BCUT2D eigenvalue weighted by Crippen LogP contribution is -2.56. The summed E-state index contributed by atoms with van der Waals surface area (Å²) in [6.45, 7) is 3.19. The number of piperazine rings is 1. The molecule has 6 heterocycles. The summed E-state index contributed by atoms with van der Waals surface area (Å²) in [5.74, 6) is -8.89. The number of sulfonamides is 1. The summed E-state index contributed by atoms with van der Waals surface area (Å²) in [4.78, 5) is 28.5. The van der Waals surface area contributed by atoms with Gasteiger partial charge in [-0.1, -0.05) is 23.5 Å². The number of benzene rings is 2. The van der Waals surface area contributed by atoms with E-state index in [0.29, 0.717) is 75.0 Å².